The van der Waals surface area contributed by atoms with Crippen LogP contribution in [-0.4, -0.2) is 0 Å². The molecular weight excluding hydrogens is 300 g/mol. The molecule has 0 nitrogen and oxygen atoms in total. The number of benzene rings is 3. The van der Waals surface area contributed by atoms with Gasteiger partial charge in [-0.2, -0.15) is 0 Å². The zero-order valence-electron chi connectivity index (χ0n) is 15.0. The van der Waals surface area contributed by atoms with Gasteiger partial charge in [0.15, 0.2) is 0 Å². The van der Waals surface area contributed by atoms with Crippen LogP contribution < -0.4 is 0 Å². The van der Waals surface area contributed by atoms with Crippen LogP contribution in [0.1, 0.15) is 61.6 Å². The Labute approximate surface area is 151 Å². The second-order valence-electron chi connectivity index (χ2n) is 7.22. The van der Waals surface area contributed by atoms with Crippen molar-refractivity contribution in [3.8, 4) is 0 Å². The fourth-order valence-electron chi connectivity index (χ4n) is 4.23. The minimum absolute atomic E-state index is 0.698. The summed E-state index contributed by atoms with van der Waals surface area (Å²) in [6.45, 7) is 2.29. The van der Waals surface area contributed by atoms with Crippen LogP contribution in [0.5, 0.6) is 0 Å². The highest BCUT2D eigenvalue weighted by Gasteiger charge is 2.25. The molecule has 1 unspecified atom stereocenters. The van der Waals surface area contributed by atoms with Crippen molar-refractivity contribution in [3.05, 3.63) is 83.4 Å². The maximum absolute atomic E-state index is 2.43. The molecule has 0 radical (unpaired) electrons. The highest BCUT2D eigenvalue weighted by atomic mass is 14.3. The predicted molar refractivity (Wildman–Crippen MR) is 110 cm³/mol. The first-order valence-corrected chi connectivity index (χ1v) is 9.64. The van der Waals surface area contributed by atoms with Crippen molar-refractivity contribution in [3.63, 3.8) is 0 Å². The van der Waals surface area contributed by atoms with Crippen molar-refractivity contribution in [2.75, 3.05) is 0 Å². The van der Waals surface area contributed by atoms with Crippen molar-refractivity contribution in [1.82, 2.24) is 0 Å². The smallest absolute Gasteiger partial charge is 0.0111 e. The first-order chi connectivity index (χ1) is 12.4. The first kappa shape index (κ1) is 16.1. The predicted octanol–water partition coefficient (Wildman–Crippen LogP) is 7.45. The minimum atomic E-state index is 0.698. The Balaban J connectivity index is 1.71. The molecule has 0 heteroatoms. The van der Waals surface area contributed by atoms with E-state index in [0.717, 1.165) is 0 Å². The van der Waals surface area contributed by atoms with Crippen LogP contribution in [-0.2, 0) is 0 Å². The zero-order valence-corrected chi connectivity index (χ0v) is 15.0. The summed E-state index contributed by atoms with van der Waals surface area (Å²) >= 11 is 0. The molecule has 0 N–H and O–H groups in total. The minimum Gasteiger partial charge on any atom is -0.0654 e. The van der Waals surface area contributed by atoms with Crippen LogP contribution >= 0.6 is 0 Å². The quantitative estimate of drug-likeness (QED) is 0.427. The molecule has 0 fully saturated rings. The van der Waals surface area contributed by atoms with E-state index in [0.29, 0.717) is 5.92 Å². The van der Waals surface area contributed by atoms with Crippen LogP contribution in [0.2, 0.25) is 0 Å². The molecule has 1 atom stereocenters. The summed E-state index contributed by atoms with van der Waals surface area (Å²) in [5, 5.41) is 2.67. The Morgan fingerprint density at radius 2 is 1.68 bits per heavy atom. The summed E-state index contributed by atoms with van der Waals surface area (Å²) < 4.78 is 0. The lowest BCUT2D eigenvalue weighted by Crippen LogP contribution is -1.93. The monoisotopic (exact) mass is 326 g/mol. The summed E-state index contributed by atoms with van der Waals surface area (Å²) in [5.74, 6) is 0.698. The number of fused-ring (bicyclic) bond motifs is 2. The molecule has 0 amide bonds. The van der Waals surface area contributed by atoms with Gasteiger partial charge in [-0.05, 0) is 51.8 Å². The van der Waals surface area contributed by atoms with Gasteiger partial charge in [0.25, 0.3) is 0 Å². The molecule has 126 valence electrons. The van der Waals surface area contributed by atoms with Gasteiger partial charge in [-0.1, -0.05) is 99.0 Å². The van der Waals surface area contributed by atoms with Gasteiger partial charge in [0.05, 0.1) is 0 Å². The van der Waals surface area contributed by atoms with Gasteiger partial charge in [0, 0.05) is 0 Å². The number of allylic oxidation sites excluding steroid dienone is 1. The van der Waals surface area contributed by atoms with Gasteiger partial charge < -0.3 is 0 Å². The lowest BCUT2D eigenvalue weighted by atomic mass is 9.95. The van der Waals surface area contributed by atoms with Gasteiger partial charge in [-0.25, -0.2) is 0 Å². The molecule has 3 aromatic carbocycles. The Kier molecular flexibility index (Phi) is 4.70. The molecule has 25 heavy (non-hydrogen) atoms. The maximum atomic E-state index is 2.43. The molecule has 0 aromatic heterocycles. The fraction of sp³-hybridized carbons (Fsp3) is 0.280. The summed E-state index contributed by atoms with van der Waals surface area (Å²) in [6, 6.07) is 24.4. The second kappa shape index (κ2) is 7.27. The van der Waals surface area contributed by atoms with Crippen molar-refractivity contribution >= 4 is 22.4 Å². The van der Waals surface area contributed by atoms with E-state index in [2.05, 4.69) is 79.7 Å². The highest BCUT2D eigenvalue weighted by Crippen LogP contribution is 2.44. The molecule has 0 bridgehead atoms. The van der Waals surface area contributed by atoms with E-state index < -0.39 is 0 Å². The van der Waals surface area contributed by atoms with Crippen molar-refractivity contribution in [2.45, 2.75) is 44.9 Å². The number of unbranched alkanes of at least 4 members (excludes halogenated alkanes) is 2. The molecule has 0 aliphatic heterocycles. The van der Waals surface area contributed by atoms with E-state index >= 15 is 0 Å². The van der Waals surface area contributed by atoms with Crippen molar-refractivity contribution < 1.29 is 0 Å². The first-order valence-electron chi connectivity index (χ1n) is 9.64. The normalized spacial score (nSPS) is 18.0. The maximum Gasteiger partial charge on any atom is -0.0111 e. The van der Waals surface area contributed by atoms with E-state index in [-0.39, 0.29) is 0 Å². The van der Waals surface area contributed by atoms with Crippen LogP contribution in [0.25, 0.3) is 22.4 Å². The average Bonchev–Trinajstić information content (AvgIpc) is 3.00. The van der Waals surface area contributed by atoms with Gasteiger partial charge in [0.2, 0.25) is 0 Å². The SMILES string of the molecule is CCCCCC1C/C(=C\c2cccc3ccccc23)c2ccccc21. The Morgan fingerprint density at radius 1 is 0.880 bits per heavy atom. The molecule has 1 aliphatic carbocycles. The summed E-state index contributed by atoms with van der Waals surface area (Å²) in [6.07, 6.45) is 8.93. The van der Waals surface area contributed by atoms with Crippen molar-refractivity contribution in [2.24, 2.45) is 0 Å². The summed E-state index contributed by atoms with van der Waals surface area (Å²) in [5.41, 5.74) is 5.88. The summed E-state index contributed by atoms with van der Waals surface area (Å²) in [7, 11) is 0. The molecule has 0 saturated heterocycles. The third-order valence-corrected chi connectivity index (χ3v) is 5.52. The third-order valence-electron chi connectivity index (χ3n) is 5.52. The zero-order chi connectivity index (χ0) is 17.1. The Bertz CT molecular complexity index is 895. The molecular formula is C25H26. The van der Waals surface area contributed by atoms with Crippen LogP contribution in [0.3, 0.4) is 0 Å². The highest BCUT2D eigenvalue weighted by molar-refractivity contribution is 5.96. The van der Waals surface area contributed by atoms with Crippen LogP contribution in [0.4, 0.5) is 0 Å². The number of hydrogen-bond acceptors (Lipinski definition) is 0. The van der Waals surface area contributed by atoms with E-state index in [9.17, 15) is 0 Å². The number of hydrogen-bond donors (Lipinski definition) is 0. The molecule has 0 saturated carbocycles. The third kappa shape index (κ3) is 3.26. The Morgan fingerprint density at radius 3 is 2.60 bits per heavy atom. The molecule has 1 aliphatic rings. The van der Waals surface area contributed by atoms with E-state index in [4.69, 9.17) is 0 Å². The lowest BCUT2D eigenvalue weighted by Gasteiger charge is -2.10. The fourth-order valence-corrected chi connectivity index (χ4v) is 4.23. The topological polar surface area (TPSA) is 0 Å². The lowest BCUT2D eigenvalue weighted by molar-refractivity contribution is 0.586. The van der Waals surface area contributed by atoms with E-state index in [1.165, 1.54) is 59.6 Å². The molecule has 3 aromatic rings. The van der Waals surface area contributed by atoms with E-state index in [1.54, 1.807) is 5.56 Å². The van der Waals surface area contributed by atoms with Gasteiger partial charge >= 0.3 is 0 Å². The Hall–Kier alpha value is -2.34. The van der Waals surface area contributed by atoms with E-state index in [1.807, 2.05) is 0 Å². The van der Waals surface area contributed by atoms with Crippen LogP contribution in [0, 0.1) is 0 Å². The summed E-state index contributed by atoms with van der Waals surface area (Å²) in [4.78, 5) is 0. The number of rotatable bonds is 5. The van der Waals surface area contributed by atoms with Crippen molar-refractivity contribution in [1.29, 1.82) is 0 Å². The van der Waals surface area contributed by atoms with Gasteiger partial charge in [0.1, 0.15) is 0 Å². The van der Waals surface area contributed by atoms with Crippen LogP contribution in [0.15, 0.2) is 66.7 Å². The molecule has 0 spiro atoms. The standard InChI is InChI=1S/C25H26/c1-2-3-4-11-21-18-22(25-16-8-7-15-24(21)25)17-20-13-9-12-19-10-5-6-14-23(19)20/h5-10,12-17,21H,2-4,11,18H2,1H3/b22-17+. The largest absolute Gasteiger partial charge is 0.0654 e. The molecule has 4 rings (SSSR count). The second-order valence-corrected chi connectivity index (χ2v) is 7.22. The van der Waals surface area contributed by atoms with Gasteiger partial charge in [-0.15, -0.1) is 0 Å². The average molecular weight is 326 g/mol. The van der Waals surface area contributed by atoms with Gasteiger partial charge in [-0.3, -0.25) is 0 Å². The molecule has 0 heterocycles.